The number of hydrogen-bond donors (Lipinski definition) is 2. The van der Waals surface area contributed by atoms with E-state index in [0.717, 1.165) is 17.1 Å². The number of thiocarbonyl (C=S) groups is 1. The van der Waals surface area contributed by atoms with Crippen LogP contribution in [0.5, 0.6) is 0 Å². The summed E-state index contributed by atoms with van der Waals surface area (Å²) in [4.78, 5) is 2.07. The zero-order valence-electron chi connectivity index (χ0n) is 13.6. The SMILES string of the molecule is CC(C)c1ccc(NC(=S)Nc2ccc(N(C)C)cc2)cc1. The molecular formula is C18H23N3S. The van der Waals surface area contributed by atoms with E-state index in [1.54, 1.807) is 0 Å². The van der Waals surface area contributed by atoms with E-state index < -0.39 is 0 Å². The molecule has 4 heteroatoms. The van der Waals surface area contributed by atoms with Crippen LogP contribution in [0.25, 0.3) is 0 Å². The van der Waals surface area contributed by atoms with Crippen molar-refractivity contribution in [2.75, 3.05) is 29.6 Å². The van der Waals surface area contributed by atoms with Crippen LogP contribution in [-0.4, -0.2) is 19.2 Å². The van der Waals surface area contributed by atoms with E-state index in [-0.39, 0.29) is 0 Å². The van der Waals surface area contributed by atoms with Crippen molar-refractivity contribution in [2.24, 2.45) is 0 Å². The Morgan fingerprint density at radius 1 is 0.864 bits per heavy atom. The molecule has 0 spiro atoms. The maximum Gasteiger partial charge on any atom is 0.175 e. The molecule has 0 amide bonds. The minimum absolute atomic E-state index is 0.536. The highest BCUT2D eigenvalue weighted by Crippen LogP contribution is 2.18. The molecule has 0 bridgehead atoms. The lowest BCUT2D eigenvalue weighted by atomic mass is 10.0. The van der Waals surface area contributed by atoms with Gasteiger partial charge in [0.15, 0.2) is 5.11 Å². The number of benzene rings is 2. The van der Waals surface area contributed by atoms with Crippen molar-refractivity contribution < 1.29 is 0 Å². The van der Waals surface area contributed by atoms with Crippen LogP contribution in [0.3, 0.4) is 0 Å². The molecule has 0 saturated heterocycles. The van der Waals surface area contributed by atoms with Crippen molar-refractivity contribution in [1.29, 1.82) is 0 Å². The quantitative estimate of drug-likeness (QED) is 0.801. The molecule has 0 saturated carbocycles. The molecule has 0 aromatic heterocycles. The first-order valence-corrected chi connectivity index (χ1v) is 7.82. The van der Waals surface area contributed by atoms with Gasteiger partial charge in [0.05, 0.1) is 0 Å². The van der Waals surface area contributed by atoms with Gasteiger partial charge in [-0.05, 0) is 60.1 Å². The smallest absolute Gasteiger partial charge is 0.175 e. The molecule has 2 rings (SSSR count). The summed E-state index contributed by atoms with van der Waals surface area (Å²) in [7, 11) is 4.05. The predicted octanol–water partition coefficient (Wildman–Crippen LogP) is 4.68. The third-order valence-electron chi connectivity index (χ3n) is 3.48. The number of anilines is 3. The van der Waals surface area contributed by atoms with Gasteiger partial charge in [0.25, 0.3) is 0 Å². The molecule has 2 aromatic carbocycles. The number of nitrogens with zero attached hydrogens (tertiary/aromatic N) is 1. The van der Waals surface area contributed by atoms with E-state index in [2.05, 4.69) is 65.8 Å². The summed E-state index contributed by atoms with van der Waals surface area (Å²) in [6, 6.07) is 16.5. The number of rotatable bonds is 4. The molecule has 0 unspecified atom stereocenters. The van der Waals surface area contributed by atoms with E-state index in [1.165, 1.54) is 5.56 Å². The average Bonchev–Trinajstić information content (AvgIpc) is 2.48. The Balaban J connectivity index is 1.94. The highest BCUT2D eigenvalue weighted by Gasteiger charge is 2.02. The zero-order valence-corrected chi connectivity index (χ0v) is 14.4. The zero-order chi connectivity index (χ0) is 16.1. The topological polar surface area (TPSA) is 27.3 Å². The van der Waals surface area contributed by atoms with Crippen LogP contribution in [0.1, 0.15) is 25.3 Å². The van der Waals surface area contributed by atoms with E-state index in [4.69, 9.17) is 12.2 Å². The van der Waals surface area contributed by atoms with Gasteiger partial charge in [-0.15, -0.1) is 0 Å². The van der Waals surface area contributed by atoms with Crippen LogP contribution < -0.4 is 15.5 Å². The van der Waals surface area contributed by atoms with Crippen LogP contribution in [0.15, 0.2) is 48.5 Å². The Morgan fingerprint density at radius 2 is 1.32 bits per heavy atom. The lowest BCUT2D eigenvalue weighted by Crippen LogP contribution is -2.19. The maximum absolute atomic E-state index is 5.35. The minimum atomic E-state index is 0.536. The summed E-state index contributed by atoms with van der Waals surface area (Å²) < 4.78 is 0. The van der Waals surface area contributed by atoms with Gasteiger partial charge >= 0.3 is 0 Å². The second-order valence-corrected chi connectivity index (χ2v) is 6.21. The lowest BCUT2D eigenvalue weighted by molar-refractivity contribution is 0.867. The Labute approximate surface area is 138 Å². The summed E-state index contributed by atoms with van der Waals surface area (Å²) in [5.74, 6) is 0.536. The summed E-state index contributed by atoms with van der Waals surface area (Å²) in [5, 5.41) is 6.99. The molecule has 0 radical (unpaired) electrons. The first-order valence-electron chi connectivity index (χ1n) is 7.41. The molecular weight excluding hydrogens is 290 g/mol. The average molecular weight is 313 g/mol. The fourth-order valence-corrected chi connectivity index (χ4v) is 2.32. The third-order valence-corrected chi connectivity index (χ3v) is 3.68. The van der Waals surface area contributed by atoms with Crippen molar-refractivity contribution in [3.8, 4) is 0 Å². The van der Waals surface area contributed by atoms with Crippen molar-refractivity contribution in [3.63, 3.8) is 0 Å². The molecule has 3 nitrogen and oxygen atoms in total. The Morgan fingerprint density at radius 3 is 1.73 bits per heavy atom. The molecule has 116 valence electrons. The largest absolute Gasteiger partial charge is 0.378 e. The minimum Gasteiger partial charge on any atom is -0.378 e. The van der Waals surface area contributed by atoms with Crippen LogP contribution in [-0.2, 0) is 0 Å². The molecule has 0 fully saturated rings. The standard InChI is InChI=1S/C18H23N3S/c1-13(2)14-5-7-15(8-6-14)19-18(22)20-16-9-11-17(12-10-16)21(3)4/h5-13H,1-4H3,(H2,19,20,22). The molecule has 0 aliphatic carbocycles. The Kier molecular flexibility index (Phi) is 5.39. The van der Waals surface area contributed by atoms with Crippen molar-refractivity contribution in [1.82, 2.24) is 0 Å². The van der Waals surface area contributed by atoms with Crippen LogP contribution in [0, 0.1) is 0 Å². The molecule has 0 aliphatic rings. The fraction of sp³-hybridized carbons (Fsp3) is 0.278. The third kappa shape index (κ3) is 4.46. The van der Waals surface area contributed by atoms with Crippen molar-refractivity contribution in [3.05, 3.63) is 54.1 Å². The lowest BCUT2D eigenvalue weighted by Gasteiger charge is -2.14. The van der Waals surface area contributed by atoms with Crippen molar-refractivity contribution >= 4 is 34.4 Å². The molecule has 0 heterocycles. The molecule has 22 heavy (non-hydrogen) atoms. The molecule has 2 aromatic rings. The highest BCUT2D eigenvalue weighted by atomic mass is 32.1. The molecule has 2 N–H and O–H groups in total. The normalized spacial score (nSPS) is 10.4. The summed E-state index contributed by atoms with van der Waals surface area (Å²) in [5.41, 5.74) is 4.45. The van der Waals surface area contributed by atoms with Crippen LogP contribution in [0.4, 0.5) is 17.1 Å². The van der Waals surface area contributed by atoms with E-state index >= 15 is 0 Å². The molecule has 0 aliphatic heterocycles. The van der Waals surface area contributed by atoms with E-state index in [9.17, 15) is 0 Å². The maximum atomic E-state index is 5.35. The summed E-state index contributed by atoms with van der Waals surface area (Å²) in [6.45, 7) is 4.37. The van der Waals surface area contributed by atoms with Gasteiger partial charge in [-0.2, -0.15) is 0 Å². The van der Waals surface area contributed by atoms with Crippen LogP contribution in [0.2, 0.25) is 0 Å². The fourth-order valence-electron chi connectivity index (χ4n) is 2.09. The highest BCUT2D eigenvalue weighted by molar-refractivity contribution is 7.80. The van der Waals surface area contributed by atoms with Crippen LogP contribution >= 0.6 is 12.2 Å². The van der Waals surface area contributed by atoms with Crippen molar-refractivity contribution in [2.45, 2.75) is 19.8 Å². The first kappa shape index (κ1) is 16.3. The predicted molar refractivity (Wildman–Crippen MR) is 101 cm³/mol. The number of hydrogen-bond acceptors (Lipinski definition) is 2. The second-order valence-electron chi connectivity index (χ2n) is 5.80. The first-order chi connectivity index (χ1) is 10.5. The van der Waals surface area contributed by atoms with Gasteiger partial charge in [0.1, 0.15) is 0 Å². The van der Waals surface area contributed by atoms with Gasteiger partial charge in [0, 0.05) is 31.2 Å². The summed E-state index contributed by atoms with van der Waals surface area (Å²) in [6.07, 6.45) is 0. The second kappa shape index (κ2) is 7.27. The Hall–Kier alpha value is -2.07. The molecule has 0 atom stereocenters. The van der Waals surface area contributed by atoms with Gasteiger partial charge in [0.2, 0.25) is 0 Å². The van der Waals surface area contributed by atoms with Gasteiger partial charge in [-0.3, -0.25) is 0 Å². The van der Waals surface area contributed by atoms with Gasteiger partial charge < -0.3 is 15.5 Å². The Bertz CT molecular complexity index is 560. The van der Waals surface area contributed by atoms with E-state index in [1.807, 2.05) is 26.2 Å². The van der Waals surface area contributed by atoms with Gasteiger partial charge in [-0.1, -0.05) is 26.0 Å². The van der Waals surface area contributed by atoms with Gasteiger partial charge in [-0.25, -0.2) is 0 Å². The number of nitrogens with one attached hydrogen (secondary N) is 2. The van der Waals surface area contributed by atoms with E-state index in [0.29, 0.717) is 11.0 Å². The summed E-state index contributed by atoms with van der Waals surface area (Å²) >= 11 is 5.35. The monoisotopic (exact) mass is 313 g/mol.